The maximum absolute atomic E-state index is 6.63. The van der Waals surface area contributed by atoms with Gasteiger partial charge in [0.2, 0.25) is 0 Å². The molecule has 0 spiro atoms. The first-order valence-corrected chi connectivity index (χ1v) is 6.89. The first kappa shape index (κ1) is 13.7. The van der Waals surface area contributed by atoms with Gasteiger partial charge in [0.25, 0.3) is 0 Å². The second-order valence-electron chi connectivity index (χ2n) is 5.12. The van der Waals surface area contributed by atoms with E-state index in [1.54, 1.807) is 7.11 Å². The number of ether oxygens (including phenoxy) is 2. The minimum Gasteiger partial charge on any atom is -0.496 e. The highest BCUT2D eigenvalue weighted by Gasteiger charge is 2.32. The lowest BCUT2D eigenvalue weighted by Crippen LogP contribution is -2.16. The number of methoxy groups -OCH3 is 1. The third-order valence-electron chi connectivity index (χ3n) is 3.82. The fourth-order valence-electron chi connectivity index (χ4n) is 2.84. The zero-order valence-corrected chi connectivity index (χ0v) is 12.3. The molecule has 100 valence electrons. The summed E-state index contributed by atoms with van der Waals surface area (Å²) >= 11 is 6.63. The number of hydrogen-bond donors (Lipinski definition) is 0. The summed E-state index contributed by atoms with van der Waals surface area (Å²) in [4.78, 5) is 0. The normalized spacial score (nSPS) is 25.2. The Labute approximate surface area is 114 Å². The summed E-state index contributed by atoms with van der Waals surface area (Å²) in [5, 5.41) is 0.0193. The van der Waals surface area contributed by atoms with Crippen LogP contribution in [0.1, 0.15) is 35.4 Å². The summed E-state index contributed by atoms with van der Waals surface area (Å²) in [6.45, 7) is 7.06. The molecule has 2 rings (SSSR count). The van der Waals surface area contributed by atoms with Crippen molar-refractivity contribution in [3.8, 4) is 5.75 Å². The van der Waals surface area contributed by atoms with Gasteiger partial charge in [0, 0.05) is 12.5 Å². The molecule has 3 heteroatoms. The van der Waals surface area contributed by atoms with E-state index in [-0.39, 0.29) is 11.5 Å². The van der Waals surface area contributed by atoms with Crippen molar-refractivity contribution in [2.24, 2.45) is 5.92 Å². The lowest BCUT2D eigenvalue weighted by atomic mass is 9.91. The SMILES string of the molecule is COc1c(C)cc(C(Cl)C2CCOC2C)cc1C. The van der Waals surface area contributed by atoms with Crippen molar-refractivity contribution in [3.63, 3.8) is 0 Å². The van der Waals surface area contributed by atoms with E-state index in [2.05, 4.69) is 32.9 Å². The van der Waals surface area contributed by atoms with Gasteiger partial charge in [0.1, 0.15) is 5.75 Å². The fraction of sp³-hybridized carbons (Fsp3) is 0.600. The summed E-state index contributed by atoms with van der Waals surface area (Å²) in [6.07, 6.45) is 1.29. The molecule has 1 aromatic rings. The van der Waals surface area contributed by atoms with Gasteiger partial charge in [0.05, 0.1) is 18.6 Å². The molecule has 0 N–H and O–H groups in total. The molecule has 2 nitrogen and oxygen atoms in total. The molecule has 0 saturated carbocycles. The maximum Gasteiger partial charge on any atom is 0.124 e. The van der Waals surface area contributed by atoms with Gasteiger partial charge in [-0.3, -0.25) is 0 Å². The molecule has 1 heterocycles. The predicted octanol–water partition coefficient (Wildman–Crippen LogP) is 4.02. The van der Waals surface area contributed by atoms with Crippen LogP contribution in [-0.4, -0.2) is 19.8 Å². The van der Waals surface area contributed by atoms with Crippen molar-refractivity contribution >= 4 is 11.6 Å². The molecule has 1 aliphatic heterocycles. The van der Waals surface area contributed by atoms with Gasteiger partial charge in [-0.05, 0) is 43.9 Å². The van der Waals surface area contributed by atoms with Crippen molar-refractivity contribution in [2.75, 3.05) is 13.7 Å². The molecule has 0 aromatic heterocycles. The standard InChI is InChI=1S/C15H21ClO2/c1-9-7-12(8-10(2)15(9)17-4)14(16)13-5-6-18-11(13)3/h7-8,11,13-14H,5-6H2,1-4H3. The summed E-state index contributed by atoms with van der Waals surface area (Å²) in [7, 11) is 1.71. The Balaban J connectivity index is 2.28. The monoisotopic (exact) mass is 268 g/mol. The highest BCUT2D eigenvalue weighted by atomic mass is 35.5. The average molecular weight is 269 g/mol. The summed E-state index contributed by atoms with van der Waals surface area (Å²) in [5.41, 5.74) is 3.46. The van der Waals surface area contributed by atoms with Gasteiger partial charge in [0.15, 0.2) is 0 Å². The van der Waals surface area contributed by atoms with Crippen LogP contribution in [-0.2, 0) is 4.74 Å². The molecular weight excluding hydrogens is 248 g/mol. The van der Waals surface area contributed by atoms with Gasteiger partial charge in [-0.15, -0.1) is 11.6 Å². The van der Waals surface area contributed by atoms with Gasteiger partial charge in [-0.2, -0.15) is 0 Å². The molecule has 0 amide bonds. The van der Waals surface area contributed by atoms with Gasteiger partial charge in [-0.1, -0.05) is 12.1 Å². The van der Waals surface area contributed by atoms with Crippen LogP contribution in [0.2, 0.25) is 0 Å². The molecule has 0 aliphatic carbocycles. The molecule has 18 heavy (non-hydrogen) atoms. The zero-order chi connectivity index (χ0) is 13.3. The summed E-state index contributed by atoms with van der Waals surface area (Å²) in [6, 6.07) is 4.27. The van der Waals surface area contributed by atoms with Gasteiger partial charge in [-0.25, -0.2) is 0 Å². The Hall–Kier alpha value is -0.730. The smallest absolute Gasteiger partial charge is 0.124 e. The van der Waals surface area contributed by atoms with Gasteiger partial charge >= 0.3 is 0 Å². The molecule has 1 aliphatic rings. The number of alkyl halides is 1. The maximum atomic E-state index is 6.63. The van der Waals surface area contributed by atoms with Crippen LogP contribution in [0.3, 0.4) is 0 Å². The van der Waals surface area contributed by atoms with Crippen LogP contribution in [0.25, 0.3) is 0 Å². The van der Waals surface area contributed by atoms with Crippen LogP contribution in [0.4, 0.5) is 0 Å². The van der Waals surface area contributed by atoms with Crippen molar-refractivity contribution in [2.45, 2.75) is 38.7 Å². The van der Waals surface area contributed by atoms with Crippen molar-refractivity contribution in [1.82, 2.24) is 0 Å². The second kappa shape index (κ2) is 5.50. The number of benzene rings is 1. The molecule has 0 radical (unpaired) electrons. The number of rotatable bonds is 3. The Morgan fingerprint density at radius 2 is 1.94 bits per heavy atom. The minimum atomic E-state index is 0.0193. The Morgan fingerprint density at radius 3 is 2.39 bits per heavy atom. The molecule has 1 fully saturated rings. The van der Waals surface area contributed by atoms with E-state index in [0.717, 1.165) is 29.9 Å². The number of halogens is 1. The van der Waals surface area contributed by atoms with Crippen molar-refractivity contribution < 1.29 is 9.47 Å². The zero-order valence-electron chi connectivity index (χ0n) is 11.5. The van der Waals surface area contributed by atoms with Crippen LogP contribution < -0.4 is 4.74 Å². The van der Waals surface area contributed by atoms with Crippen LogP contribution in [0, 0.1) is 19.8 Å². The summed E-state index contributed by atoms with van der Waals surface area (Å²) in [5.74, 6) is 1.36. The van der Waals surface area contributed by atoms with E-state index in [9.17, 15) is 0 Å². The van der Waals surface area contributed by atoms with Crippen LogP contribution in [0.15, 0.2) is 12.1 Å². The largest absolute Gasteiger partial charge is 0.496 e. The van der Waals surface area contributed by atoms with Crippen LogP contribution in [0.5, 0.6) is 5.75 Å². The first-order chi connectivity index (χ1) is 8.54. The van der Waals surface area contributed by atoms with Crippen molar-refractivity contribution in [3.05, 3.63) is 28.8 Å². The number of aryl methyl sites for hydroxylation is 2. The lowest BCUT2D eigenvalue weighted by Gasteiger charge is -2.22. The Kier molecular flexibility index (Phi) is 4.18. The molecule has 3 unspecified atom stereocenters. The Bertz CT molecular complexity index is 407. The molecule has 1 aromatic carbocycles. The van der Waals surface area contributed by atoms with E-state index < -0.39 is 0 Å². The quantitative estimate of drug-likeness (QED) is 0.771. The average Bonchev–Trinajstić information content (AvgIpc) is 2.74. The highest BCUT2D eigenvalue weighted by Crippen LogP contribution is 2.39. The van der Waals surface area contributed by atoms with Crippen LogP contribution >= 0.6 is 11.6 Å². The van der Waals surface area contributed by atoms with E-state index in [1.165, 1.54) is 5.56 Å². The lowest BCUT2D eigenvalue weighted by molar-refractivity contribution is 0.105. The minimum absolute atomic E-state index is 0.0193. The van der Waals surface area contributed by atoms with E-state index in [4.69, 9.17) is 21.1 Å². The van der Waals surface area contributed by atoms with Crippen molar-refractivity contribution in [1.29, 1.82) is 0 Å². The molecule has 0 bridgehead atoms. The topological polar surface area (TPSA) is 18.5 Å². The van der Waals surface area contributed by atoms with Gasteiger partial charge < -0.3 is 9.47 Å². The highest BCUT2D eigenvalue weighted by molar-refractivity contribution is 6.21. The third kappa shape index (κ3) is 2.50. The molecule has 3 atom stereocenters. The first-order valence-electron chi connectivity index (χ1n) is 6.45. The molecular formula is C15H21ClO2. The Morgan fingerprint density at radius 1 is 1.33 bits per heavy atom. The van der Waals surface area contributed by atoms with E-state index >= 15 is 0 Å². The second-order valence-corrected chi connectivity index (χ2v) is 5.59. The predicted molar refractivity (Wildman–Crippen MR) is 74.6 cm³/mol. The van der Waals surface area contributed by atoms with E-state index in [0.29, 0.717) is 5.92 Å². The fourth-order valence-corrected chi connectivity index (χ4v) is 3.30. The molecule has 1 saturated heterocycles. The third-order valence-corrected chi connectivity index (χ3v) is 4.39. The summed E-state index contributed by atoms with van der Waals surface area (Å²) < 4.78 is 11.0. The number of hydrogen-bond acceptors (Lipinski definition) is 2. The van der Waals surface area contributed by atoms with E-state index in [1.807, 2.05) is 0 Å².